The van der Waals surface area contributed by atoms with E-state index >= 15 is 0 Å². The summed E-state index contributed by atoms with van der Waals surface area (Å²) in [4.78, 5) is 19.9. The summed E-state index contributed by atoms with van der Waals surface area (Å²) in [5.74, 6) is 0.0715. The lowest BCUT2D eigenvalue weighted by molar-refractivity contribution is 0.0746. The smallest absolute Gasteiger partial charge is 0.274 e. The van der Waals surface area contributed by atoms with Gasteiger partial charge in [0.25, 0.3) is 5.91 Å². The second-order valence-corrected chi connectivity index (χ2v) is 5.99. The normalized spacial score (nSPS) is 11.2. The van der Waals surface area contributed by atoms with Crippen LogP contribution in [0, 0.1) is 6.92 Å². The number of hydrogen-bond donors (Lipinski definition) is 0. The number of amides is 1. The second-order valence-electron chi connectivity index (χ2n) is 5.16. The van der Waals surface area contributed by atoms with Gasteiger partial charge >= 0.3 is 0 Å². The van der Waals surface area contributed by atoms with Crippen molar-refractivity contribution in [2.24, 2.45) is 0 Å². The molecule has 0 saturated heterocycles. The molecule has 1 amide bonds. The zero-order valence-electron chi connectivity index (χ0n) is 12.6. The summed E-state index contributed by atoms with van der Waals surface area (Å²) in [5, 5.41) is 2.06. The maximum Gasteiger partial charge on any atom is 0.274 e. The molecule has 5 heteroatoms. The molecule has 0 aliphatic carbocycles. The maximum absolute atomic E-state index is 12.6. The number of nitrogens with zero attached hydrogens (tertiary/aromatic N) is 3. The Morgan fingerprint density at radius 1 is 1.30 bits per heavy atom. The van der Waals surface area contributed by atoms with Crippen molar-refractivity contribution in [1.29, 1.82) is 0 Å². The molecule has 0 fully saturated rings. The van der Waals surface area contributed by atoms with Crippen LogP contribution in [0.25, 0.3) is 4.96 Å². The highest BCUT2D eigenvalue weighted by atomic mass is 32.1. The molecule has 0 aliphatic heterocycles. The number of rotatable bonds is 7. The van der Waals surface area contributed by atoms with E-state index in [1.54, 1.807) is 11.3 Å². The third kappa shape index (κ3) is 3.20. The summed E-state index contributed by atoms with van der Waals surface area (Å²) in [6.45, 7) is 8.00. The number of aryl methyl sites for hydroxylation is 1. The van der Waals surface area contributed by atoms with E-state index in [-0.39, 0.29) is 5.91 Å². The van der Waals surface area contributed by atoms with Gasteiger partial charge in [-0.25, -0.2) is 4.98 Å². The number of carbonyl (C=O) groups excluding carboxylic acids is 1. The number of unbranched alkanes of at least 4 members (excludes halogenated alkanes) is 2. The molecule has 2 aromatic heterocycles. The lowest BCUT2D eigenvalue weighted by Crippen LogP contribution is -2.33. The van der Waals surface area contributed by atoms with Gasteiger partial charge in [-0.15, -0.1) is 11.3 Å². The van der Waals surface area contributed by atoms with Gasteiger partial charge in [0.1, 0.15) is 5.69 Å². The molecule has 0 atom stereocenters. The first-order chi connectivity index (χ1) is 9.67. The lowest BCUT2D eigenvalue weighted by Gasteiger charge is -2.21. The molecule has 20 heavy (non-hydrogen) atoms. The molecular weight excluding hydrogens is 270 g/mol. The SMILES string of the molecule is CCCCN(CCCC)C(=O)c1cn2c(C)csc2n1. The molecule has 4 nitrogen and oxygen atoms in total. The molecule has 0 unspecified atom stereocenters. The van der Waals surface area contributed by atoms with Crippen LogP contribution in [0.15, 0.2) is 11.6 Å². The van der Waals surface area contributed by atoms with Crippen molar-refractivity contribution in [3.8, 4) is 0 Å². The summed E-state index contributed by atoms with van der Waals surface area (Å²) in [7, 11) is 0. The molecule has 0 bridgehead atoms. The Hall–Kier alpha value is -1.36. The van der Waals surface area contributed by atoms with Crippen LogP contribution in [0.4, 0.5) is 0 Å². The largest absolute Gasteiger partial charge is 0.337 e. The van der Waals surface area contributed by atoms with Crippen molar-refractivity contribution in [3.63, 3.8) is 0 Å². The molecule has 0 spiro atoms. The minimum Gasteiger partial charge on any atom is -0.337 e. The summed E-state index contributed by atoms with van der Waals surface area (Å²) in [5.41, 5.74) is 1.71. The minimum atomic E-state index is 0.0715. The van der Waals surface area contributed by atoms with Crippen molar-refractivity contribution in [2.75, 3.05) is 13.1 Å². The zero-order valence-corrected chi connectivity index (χ0v) is 13.4. The van der Waals surface area contributed by atoms with Crippen LogP contribution < -0.4 is 0 Å². The molecule has 2 heterocycles. The monoisotopic (exact) mass is 293 g/mol. The van der Waals surface area contributed by atoms with Crippen molar-refractivity contribution in [2.45, 2.75) is 46.5 Å². The van der Waals surface area contributed by atoms with Gasteiger partial charge in [-0.3, -0.25) is 9.20 Å². The summed E-state index contributed by atoms with van der Waals surface area (Å²) < 4.78 is 2.00. The Bertz CT molecular complexity index is 565. The van der Waals surface area contributed by atoms with Crippen LogP contribution in [0.3, 0.4) is 0 Å². The van der Waals surface area contributed by atoms with Gasteiger partial charge in [0, 0.05) is 30.4 Å². The fourth-order valence-corrected chi connectivity index (χ4v) is 3.02. The first-order valence-corrected chi connectivity index (χ1v) is 8.27. The second kappa shape index (κ2) is 6.88. The number of imidazole rings is 1. The number of hydrogen-bond acceptors (Lipinski definition) is 3. The highest BCUT2D eigenvalue weighted by Gasteiger charge is 2.19. The average Bonchev–Trinajstić information content (AvgIpc) is 3.01. The molecule has 0 N–H and O–H groups in total. The molecule has 0 aliphatic rings. The Morgan fingerprint density at radius 2 is 1.95 bits per heavy atom. The highest BCUT2D eigenvalue weighted by molar-refractivity contribution is 7.15. The molecule has 110 valence electrons. The molecular formula is C15H23N3OS. The van der Waals surface area contributed by atoms with Gasteiger partial charge in [0.15, 0.2) is 4.96 Å². The fraction of sp³-hybridized carbons (Fsp3) is 0.600. The Morgan fingerprint density at radius 3 is 2.50 bits per heavy atom. The highest BCUT2D eigenvalue weighted by Crippen LogP contribution is 2.17. The number of aromatic nitrogens is 2. The topological polar surface area (TPSA) is 37.6 Å². The number of thiazole rings is 1. The predicted molar refractivity (Wildman–Crippen MR) is 83.5 cm³/mol. The van der Waals surface area contributed by atoms with Gasteiger partial charge in [-0.1, -0.05) is 26.7 Å². The minimum absolute atomic E-state index is 0.0715. The third-order valence-corrected chi connectivity index (χ3v) is 4.42. The van der Waals surface area contributed by atoms with Crippen LogP contribution in [0.5, 0.6) is 0 Å². The van der Waals surface area contributed by atoms with Crippen LogP contribution in [0.1, 0.15) is 55.7 Å². The van der Waals surface area contributed by atoms with Crippen molar-refractivity contribution < 1.29 is 4.79 Å². The molecule has 0 aromatic carbocycles. The zero-order chi connectivity index (χ0) is 14.5. The fourth-order valence-electron chi connectivity index (χ4n) is 2.17. The molecule has 2 aromatic rings. The van der Waals surface area contributed by atoms with E-state index in [0.29, 0.717) is 5.69 Å². The van der Waals surface area contributed by atoms with Crippen LogP contribution in [0.2, 0.25) is 0 Å². The van der Waals surface area contributed by atoms with Crippen LogP contribution in [-0.4, -0.2) is 33.3 Å². The number of fused-ring (bicyclic) bond motifs is 1. The standard InChI is InChI=1S/C15H23N3OS/c1-4-6-8-17(9-7-5-2)14(19)13-10-18-12(3)11-20-15(18)16-13/h10-11H,4-9H2,1-3H3. The summed E-state index contributed by atoms with van der Waals surface area (Å²) in [6.07, 6.45) is 6.18. The van der Waals surface area contributed by atoms with Crippen molar-refractivity contribution in [1.82, 2.24) is 14.3 Å². The summed E-state index contributed by atoms with van der Waals surface area (Å²) in [6, 6.07) is 0. The first kappa shape index (κ1) is 15.0. The van der Waals surface area contributed by atoms with E-state index < -0.39 is 0 Å². The average molecular weight is 293 g/mol. The van der Waals surface area contributed by atoms with E-state index in [0.717, 1.165) is 49.4 Å². The van der Waals surface area contributed by atoms with E-state index in [2.05, 4.69) is 24.2 Å². The quantitative estimate of drug-likeness (QED) is 0.779. The molecule has 0 radical (unpaired) electrons. The van der Waals surface area contributed by atoms with Crippen molar-refractivity contribution >= 4 is 22.2 Å². The third-order valence-electron chi connectivity index (χ3n) is 3.46. The molecule has 0 saturated carbocycles. The Labute approximate surface area is 124 Å². The van der Waals surface area contributed by atoms with Crippen LogP contribution in [-0.2, 0) is 0 Å². The van der Waals surface area contributed by atoms with Gasteiger partial charge in [-0.05, 0) is 19.8 Å². The first-order valence-electron chi connectivity index (χ1n) is 7.39. The summed E-state index contributed by atoms with van der Waals surface area (Å²) >= 11 is 1.58. The van der Waals surface area contributed by atoms with E-state index in [4.69, 9.17) is 0 Å². The van der Waals surface area contributed by atoms with Crippen LogP contribution >= 0.6 is 11.3 Å². The van der Waals surface area contributed by atoms with Crippen molar-refractivity contribution in [3.05, 3.63) is 23.0 Å². The lowest BCUT2D eigenvalue weighted by atomic mass is 10.2. The van der Waals surface area contributed by atoms with Gasteiger partial charge in [0.05, 0.1) is 0 Å². The maximum atomic E-state index is 12.6. The Balaban J connectivity index is 2.16. The van der Waals surface area contributed by atoms with Gasteiger partial charge in [0.2, 0.25) is 0 Å². The van der Waals surface area contributed by atoms with Gasteiger partial charge < -0.3 is 4.90 Å². The van der Waals surface area contributed by atoms with E-state index in [1.807, 2.05) is 22.4 Å². The molecule has 2 rings (SSSR count). The predicted octanol–water partition coefficient (Wildman–Crippen LogP) is 3.75. The Kier molecular flexibility index (Phi) is 5.17. The van der Waals surface area contributed by atoms with E-state index in [1.165, 1.54) is 0 Å². The number of carbonyl (C=O) groups is 1. The van der Waals surface area contributed by atoms with E-state index in [9.17, 15) is 4.79 Å². The van der Waals surface area contributed by atoms with Gasteiger partial charge in [-0.2, -0.15) is 0 Å².